The van der Waals surface area contributed by atoms with Crippen molar-refractivity contribution in [3.05, 3.63) is 11.4 Å². The number of alkyl halides is 3. The van der Waals surface area contributed by atoms with Crippen molar-refractivity contribution in [3.63, 3.8) is 0 Å². The standard InChI is InChI=1S/C11H16F3N3O/c1-6(2)8-16-9(15-4)7(3)10(17-8)18-5-11(12,13)14/h6H,5H2,1-4H3,(H,15,16,17). The molecule has 102 valence electrons. The minimum absolute atomic E-state index is 0.00550. The van der Waals surface area contributed by atoms with Crippen molar-refractivity contribution in [2.75, 3.05) is 19.0 Å². The molecule has 1 aromatic heterocycles. The second kappa shape index (κ2) is 5.41. The Morgan fingerprint density at radius 1 is 1.28 bits per heavy atom. The van der Waals surface area contributed by atoms with Crippen molar-refractivity contribution in [1.82, 2.24) is 9.97 Å². The van der Waals surface area contributed by atoms with E-state index in [0.29, 0.717) is 17.2 Å². The van der Waals surface area contributed by atoms with Crippen LogP contribution < -0.4 is 10.1 Å². The highest BCUT2D eigenvalue weighted by Crippen LogP contribution is 2.26. The molecule has 1 aromatic rings. The van der Waals surface area contributed by atoms with Crippen molar-refractivity contribution in [2.24, 2.45) is 0 Å². The Morgan fingerprint density at radius 3 is 2.33 bits per heavy atom. The third-order valence-electron chi connectivity index (χ3n) is 2.24. The summed E-state index contributed by atoms with van der Waals surface area (Å²) in [5.74, 6) is 0.898. The first-order valence-electron chi connectivity index (χ1n) is 5.50. The summed E-state index contributed by atoms with van der Waals surface area (Å²) >= 11 is 0. The van der Waals surface area contributed by atoms with Gasteiger partial charge in [0.05, 0.1) is 5.56 Å². The highest BCUT2D eigenvalue weighted by molar-refractivity contribution is 5.48. The molecule has 0 saturated heterocycles. The second-order valence-electron chi connectivity index (χ2n) is 4.17. The van der Waals surface area contributed by atoms with Crippen LogP contribution in [0.5, 0.6) is 5.88 Å². The van der Waals surface area contributed by atoms with Gasteiger partial charge < -0.3 is 10.1 Å². The monoisotopic (exact) mass is 263 g/mol. The molecular formula is C11H16F3N3O. The van der Waals surface area contributed by atoms with Crippen LogP contribution in [0.1, 0.15) is 31.2 Å². The van der Waals surface area contributed by atoms with Gasteiger partial charge >= 0.3 is 6.18 Å². The van der Waals surface area contributed by atoms with E-state index in [0.717, 1.165) is 0 Å². The Hall–Kier alpha value is -1.53. The lowest BCUT2D eigenvalue weighted by Gasteiger charge is -2.15. The molecule has 0 fully saturated rings. The average molecular weight is 263 g/mol. The first-order valence-corrected chi connectivity index (χ1v) is 5.50. The van der Waals surface area contributed by atoms with E-state index < -0.39 is 12.8 Å². The van der Waals surface area contributed by atoms with Crippen LogP contribution >= 0.6 is 0 Å². The molecule has 0 bridgehead atoms. The number of rotatable bonds is 4. The van der Waals surface area contributed by atoms with E-state index in [1.807, 2.05) is 13.8 Å². The fourth-order valence-corrected chi connectivity index (χ4v) is 1.30. The van der Waals surface area contributed by atoms with Gasteiger partial charge in [0.15, 0.2) is 6.61 Å². The molecule has 0 saturated carbocycles. The normalized spacial score (nSPS) is 11.8. The molecule has 0 aromatic carbocycles. The van der Waals surface area contributed by atoms with E-state index in [1.165, 1.54) is 0 Å². The topological polar surface area (TPSA) is 47.0 Å². The number of hydrogen-bond acceptors (Lipinski definition) is 4. The van der Waals surface area contributed by atoms with Crippen LogP contribution in [0.3, 0.4) is 0 Å². The fourth-order valence-electron chi connectivity index (χ4n) is 1.30. The molecule has 0 atom stereocenters. The average Bonchev–Trinajstić information content (AvgIpc) is 2.26. The fraction of sp³-hybridized carbons (Fsp3) is 0.636. The maximum Gasteiger partial charge on any atom is 0.422 e. The second-order valence-corrected chi connectivity index (χ2v) is 4.17. The number of halogens is 3. The smallest absolute Gasteiger partial charge is 0.422 e. The van der Waals surface area contributed by atoms with Gasteiger partial charge in [0.2, 0.25) is 5.88 Å². The Morgan fingerprint density at radius 2 is 1.89 bits per heavy atom. The Kier molecular flexibility index (Phi) is 4.37. The van der Waals surface area contributed by atoms with Gasteiger partial charge in [-0.05, 0) is 6.92 Å². The zero-order valence-electron chi connectivity index (χ0n) is 10.7. The molecule has 1 N–H and O–H groups in total. The van der Waals surface area contributed by atoms with Crippen LogP contribution in [0, 0.1) is 6.92 Å². The Balaban J connectivity index is 3.05. The highest BCUT2D eigenvalue weighted by Gasteiger charge is 2.29. The van der Waals surface area contributed by atoms with Crippen LogP contribution in [0.15, 0.2) is 0 Å². The van der Waals surface area contributed by atoms with Crippen LogP contribution in [-0.4, -0.2) is 29.8 Å². The molecule has 0 unspecified atom stereocenters. The minimum Gasteiger partial charge on any atom is -0.468 e. The Bertz CT molecular complexity index is 419. The molecule has 0 aliphatic carbocycles. The number of anilines is 1. The molecule has 18 heavy (non-hydrogen) atoms. The Labute approximate surface area is 104 Å². The summed E-state index contributed by atoms with van der Waals surface area (Å²) in [6.07, 6.45) is -4.38. The van der Waals surface area contributed by atoms with E-state index in [-0.39, 0.29) is 11.8 Å². The molecule has 0 aliphatic rings. The predicted molar refractivity (Wildman–Crippen MR) is 62.0 cm³/mol. The maximum atomic E-state index is 12.1. The summed E-state index contributed by atoms with van der Waals surface area (Å²) in [5, 5.41) is 2.82. The van der Waals surface area contributed by atoms with Gasteiger partial charge in [-0.2, -0.15) is 18.2 Å². The van der Waals surface area contributed by atoms with Gasteiger partial charge in [-0.25, -0.2) is 4.98 Å². The van der Waals surface area contributed by atoms with Crippen molar-refractivity contribution >= 4 is 5.82 Å². The summed E-state index contributed by atoms with van der Waals surface area (Å²) in [7, 11) is 1.65. The molecule has 1 heterocycles. The van der Waals surface area contributed by atoms with Gasteiger partial charge in [0.25, 0.3) is 0 Å². The molecule has 7 heteroatoms. The molecule has 1 rings (SSSR count). The lowest BCUT2D eigenvalue weighted by Crippen LogP contribution is -2.21. The molecule has 4 nitrogen and oxygen atoms in total. The van der Waals surface area contributed by atoms with Crippen LogP contribution in [0.25, 0.3) is 0 Å². The number of hydrogen-bond donors (Lipinski definition) is 1. The van der Waals surface area contributed by atoms with Crippen molar-refractivity contribution in [3.8, 4) is 5.88 Å². The quantitative estimate of drug-likeness (QED) is 0.907. The molecule has 0 amide bonds. The lowest BCUT2D eigenvalue weighted by molar-refractivity contribution is -0.154. The number of aromatic nitrogens is 2. The molecule has 0 spiro atoms. The molecular weight excluding hydrogens is 247 g/mol. The number of ether oxygens (including phenoxy) is 1. The molecule has 0 radical (unpaired) electrons. The highest BCUT2D eigenvalue weighted by atomic mass is 19.4. The van der Waals surface area contributed by atoms with Crippen LogP contribution in [0.4, 0.5) is 19.0 Å². The van der Waals surface area contributed by atoms with Gasteiger partial charge in [0, 0.05) is 13.0 Å². The summed E-state index contributed by atoms with van der Waals surface area (Å²) in [5.41, 5.74) is 0.464. The number of nitrogens with zero attached hydrogens (tertiary/aromatic N) is 2. The predicted octanol–water partition coefficient (Wildman–Crippen LogP) is 2.89. The summed E-state index contributed by atoms with van der Waals surface area (Å²) in [6.45, 7) is 3.97. The first kappa shape index (κ1) is 14.5. The van der Waals surface area contributed by atoms with Crippen molar-refractivity contribution in [1.29, 1.82) is 0 Å². The first-order chi connectivity index (χ1) is 8.24. The zero-order chi connectivity index (χ0) is 13.9. The van der Waals surface area contributed by atoms with Crippen LogP contribution in [0.2, 0.25) is 0 Å². The number of nitrogens with one attached hydrogen (secondary N) is 1. The van der Waals surface area contributed by atoms with E-state index in [4.69, 9.17) is 4.74 Å². The summed E-state index contributed by atoms with van der Waals surface area (Å²) in [6, 6.07) is 0. The van der Waals surface area contributed by atoms with Gasteiger partial charge in [-0.3, -0.25) is 0 Å². The van der Waals surface area contributed by atoms with Gasteiger partial charge in [-0.15, -0.1) is 0 Å². The zero-order valence-corrected chi connectivity index (χ0v) is 10.7. The van der Waals surface area contributed by atoms with Gasteiger partial charge in [0.1, 0.15) is 11.6 Å². The largest absolute Gasteiger partial charge is 0.468 e. The van der Waals surface area contributed by atoms with Gasteiger partial charge in [-0.1, -0.05) is 13.8 Å². The SMILES string of the molecule is CNc1nc(C(C)C)nc(OCC(F)(F)F)c1C. The van der Waals surface area contributed by atoms with E-state index in [9.17, 15) is 13.2 Å². The minimum atomic E-state index is -4.38. The summed E-state index contributed by atoms with van der Waals surface area (Å²) < 4.78 is 41.1. The van der Waals surface area contributed by atoms with Crippen molar-refractivity contribution in [2.45, 2.75) is 32.9 Å². The lowest BCUT2D eigenvalue weighted by atomic mass is 10.2. The third kappa shape index (κ3) is 3.75. The van der Waals surface area contributed by atoms with E-state index in [2.05, 4.69) is 15.3 Å². The van der Waals surface area contributed by atoms with E-state index in [1.54, 1.807) is 14.0 Å². The third-order valence-corrected chi connectivity index (χ3v) is 2.24. The summed E-state index contributed by atoms with van der Waals surface area (Å²) in [4.78, 5) is 8.22. The molecule has 0 aliphatic heterocycles. The van der Waals surface area contributed by atoms with Crippen LogP contribution in [-0.2, 0) is 0 Å². The van der Waals surface area contributed by atoms with Crippen molar-refractivity contribution < 1.29 is 17.9 Å². The van der Waals surface area contributed by atoms with E-state index >= 15 is 0 Å². The maximum absolute atomic E-state index is 12.1.